The number of nitrogen functional groups attached to an aromatic ring is 1. The van der Waals surface area contributed by atoms with Gasteiger partial charge in [0.15, 0.2) is 11.5 Å². The summed E-state index contributed by atoms with van der Waals surface area (Å²) in [6.07, 6.45) is 1.51. The average molecular weight is 293 g/mol. The van der Waals surface area contributed by atoms with Crippen LogP contribution in [0.25, 0.3) is 0 Å². The van der Waals surface area contributed by atoms with E-state index in [9.17, 15) is 0 Å². The Morgan fingerprint density at radius 2 is 2.00 bits per heavy atom. The maximum atomic E-state index is 5.50. The largest absolute Gasteiger partial charge is 0.497 e. The van der Waals surface area contributed by atoms with E-state index in [0.29, 0.717) is 22.8 Å². The molecule has 0 amide bonds. The Hall–Kier alpha value is -2.97. The third-order valence-corrected chi connectivity index (χ3v) is 2.60. The molecule has 0 aliphatic heterocycles. The van der Waals surface area contributed by atoms with E-state index >= 15 is 0 Å². The number of methoxy groups -OCH3 is 3. The van der Waals surface area contributed by atoms with Gasteiger partial charge in [0.2, 0.25) is 11.6 Å². The Morgan fingerprint density at radius 3 is 2.57 bits per heavy atom. The van der Waals surface area contributed by atoms with E-state index in [2.05, 4.69) is 25.5 Å². The second-order valence-corrected chi connectivity index (χ2v) is 3.82. The van der Waals surface area contributed by atoms with Gasteiger partial charge >= 0.3 is 0 Å². The quantitative estimate of drug-likeness (QED) is 0.601. The lowest BCUT2D eigenvalue weighted by molar-refractivity contribution is 0.310. The molecule has 0 saturated heterocycles. The van der Waals surface area contributed by atoms with Gasteiger partial charge in [0.1, 0.15) is 5.75 Å². The number of hydrogen-bond donors (Lipinski definition) is 2. The summed E-state index contributed by atoms with van der Waals surface area (Å²) < 4.78 is 20.2. The number of nitrogens with two attached hydrogens (primary N) is 1. The first kappa shape index (κ1) is 14.4. The van der Waals surface area contributed by atoms with Gasteiger partial charge in [0.05, 0.1) is 27.5 Å². The molecule has 0 radical (unpaired) electrons. The van der Waals surface area contributed by atoms with Gasteiger partial charge in [-0.25, -0.2) is 4.63 Å². The van der Waals surface area contributed by atoms with Crippen LogP contribution in [0.15, 0.2) is 21.9 Å². The van der Waals surface area contributed by atoms with Crippen molar-refractivity contribution in [3.63, 3.8) is 0 Å². The van der Waals surface area contributed by atoms with E-state index < -0.39 is 0 Å². The van der Waals surface area contributed by atoms with Crippen molar-refractivity contribution in [3.05, 3.63) is 17.7 Å². The highest BCUT2D eigenvalue weighted by Gasteiger charge is 2.12. The predicted octanol–water partition coefficient (Wildman–Crippen LogP) is 1.12. The Morgan fingerprint density at radius 1 is 1.19 bits per heavy atom. The summed E-state index contributed by atoms with van der Waals surface area (Å²) in [5, 5.41) is 11.0. The molecule has 21 heavy (non-hydrogen) atoms. The molecule has 9 nitrogen and oxygen atoms in total. The lowest BCUT2D eigenvalue weighted by Gasteiger charge is -2.12. The molecule has 0 unspecified atom stereocenters. The van der Waals surface area contributed by atoms with E-state index in [-0.39, 0.29) is 11.6 Å². The van der Waals surface area contributed by atoms with E-state index in [4.69, 9.17) is 19.9 Å². The molecule has 2 aromatic rings. The zero-order valence-corrected chi connectivity index (χ0v) is 11.8. The van der Waals surface area contributed by atoms with Crippen LogP contribution in [0.5, 0.6) is 17.2 Å². The minimum absolute atomic E-state index is 0.113. The molecule has 0 fully saturated rings. The van der Waals surface area contributed by atoms with Crippen LogP contribution < -0.4 is 25.4 Å². The molecule has 0 aliphatic rings. The molecule has 1 heterocycles. The van der Waals surface area contributed by atoms with Crippen molar-refractivity contribution in [2.24, 2.45) is 5.10 Å². The maximum absolute atomic E-state index is 5.50. The molecule has 0 aliphatic carbocycles. The number of aromatic nitrogens is 2. The number of ether oxygens (including phenoxy) is 3. The van der Waals surface area contributed by atoms with Crippen LogP contribution in [-0.2, 0) is 0 Å². The van der Waals surface area contributed by atoms with Crippen LogP contribution >= 0.6 is 0 Å². The summed E-state index contributed by atoms with van der Waals surface area (Å²) in [5.41, 5.74) is 8.76. The van der Waals surface area contributed by atoms with E-state index in [1.165, 1.54) is 20.4 Å². The molecule has 0 bridgehead atoms. The standard InChI is InChI=1S/C12H15N5O4/c1-18-8-4-7(10(20-3)9(5-8)19-2)6-14-15-12-11(13)16-21-17-12/h4-6H,1-3H3,(H2,13,16)(H,15,17)/b14-6-. The summed E-state index contributed by atoms with van der Waals surface area (Å²) in [6, 6.07) is 3.46. The van der Waals surface area contributed by atoms with Crippen molar-refractivity contribution < 1.29 is 18.8 Å². The van der Waals surface area contributed by atoms with Crippen LogP contribution in [0, 0.1) is 0 Å². The van der Waals surface area contributed by atoms with Crippen molar-refractivity contribution in [1.29, 1.82) is 0 Å². The van der Waals surface area contributed by atoms with Gasteiger partial charge in [-0.3, -0.25) is 5.43 Å². The van der Waals surface area contributed by atoms with Crippen LogP contribution in [-0.4, -0.2) is 37.9 Å². The maximum Gasteiger partial charge on any atom is 0.235 e. The lowest BCUT2D eigenvalue weighted by Crippen LogP contribution is -1.99. The number of hydrazone groups is 1. The molecule has 1 aromatic carbocycles. The Labute approximate surface area is 120 Å². The molecular formula is C12H15N5O4. The predicted molar refractivity (Wildman–Crippen MR) is 76.0 cm³/mol. The smallest absolute Gasteiger partial charge is 0.235 e. The van der Waals surface area contributed by atoms with Crippen molar-refractivity contribution in [1.82, 2.24) is 10.3 Å². The molecule has 2 rings (SSSR count). The summed E-state index contributed by atoms with van der Waals surface area (Å²) >= 11 is 0. The zero-order chi connectivity index (χ0) is 15.2. The topological polar surface area (TPSA) is 117 Å². The summed E-state index contributed by atoms with van der Waals surface area (Å²) in [6.45, 7) is 0. The Kier molecular flexibility index (Phi) is 4.44. The summed E-state index contributed by atoms with van der Waals surface area (Å²) in [4.78, 5) is 0. The second kappa shape index (κ2) is 6.46. The first-order valence-electron chi connectivity index (χ1n) is 5.86. The van der Waals surface area contributed by atoms with Gasteiger partial charge in [-0.15, -0.1) is 0 Å². The summed E-state index contributed by atoms with van der Waals surface area (Å²) in [5.74, 6) is 2.00. The van der Waals surface area contributed by atoms with E-state index in [1.54, 1.807) is 19.2 Å². The molecule has 0 spiro atoms. The fourth-order valence-electron chi connectivity index (χ4n) is 1.62. The molecular weight excluding hydrogens is 278 g/mol. The minimum Gasteiger partial charge on any atom is -0.497 e. The van der Waals surface area contributed by atoms with Gasteiger partial charge in [-0.2, -0.15) is 5.10 Å². The number of nitrogens with one attached hydrogen (secondary N) is 1. The SMILES string of the molecule is COc1cc(/C=N\Nc2nonc2N)c(OC)c(OC)c1. The van der Waals surface area contributed by atoms with E-state index in [1.807, 2.05) is 0 Å². The minimum atomic E-state index is 0.113. The highest BCUT2D eigenvalue weighted by molar-refractivity contribution is 5.86. The highest BCUT2D eigenvalue weighted by atomic mass is 16.6. The Bertz CT molecular complexity index is 641. The third-order valence-electron chi connectivity index (χ3n) is 2.60. The zero-order valence-electron chi connectivity index (χ0n) is 11.8. The van der Waals surface area contributed by atoms with Crippen molar-refractivity contribution in [3.8, 4) is 17.2 Å². The van der Waals surface area contributed by atoms with Crippen LogP contribution in [0.3, 0.4) is 0 Å². The molecule has 9 heteroatoms. The molecule has 0 atom stereocenters. The van der Waals surface area contributed by atoms with Crippen molar-refractivity contribution in [2.75, 3.05) is 32.5 Å². The number of rotatable bonds is 6. The van der Waals surface area contributed by atoms with Crippen LogP contribution in [0.2, 0.25) is 0 Å². The number of hydrogen-bond acceptors (Lipinski definition) is 9. The first-order chi connectivity index (χ1) is 10.2. The molecule has 1 aromatic heterocycles. The normalized spacial score (nSPS) is 10.6. The van der Waals surface area contributed by atoms with Gasteiger partial charge in [0.25, 0.3) is 0 Å². The highest BCUT2D eigenvalue weighted by Crippen LogP contribution is 2.34. The number of anilines is 2. The number of nitrogens with zero attached hydrogens (tertiary/aromatic N) is 3. The first-order valence-corrected chi connectivity index (χ1v) is 5.86. The monoisotopic (exact) mass is 293 g/mol. The molecule has 112 valence electrons. The Balaban J connectivity index is 2.27. The van der Waals surface area contributed by atoms with Gasteiger partial charge < -0.3 is 19.9 Å². The van der Waals surface area contributed by atoms with Gasteiger partial charge in [-0.05, 0) is 16.4 Å². The van der Waals surface area contributed by atoms with Crippen molar-refractivity contribution in [2.45, 2.75) is 0 Å². The second-order valence-electron chi connectivity index (χ2n) is 3.82. The van der Waals surface area contributed by atoms with E-state index in [0.717, 1.165) is 0 Å². The van der Waals surface area contributed by atoms with Gasteiger partial charge in [0, 0.05) is 11.6 Å². The fraction of sp³-hybridized carbons (Fsp3) is 0.250. The lowest BCUT2D eigenvalue weighted by atomic mass is 10.2. The van der Waals surface area contributed by atoms with Crippen molar-refractivity contribution >= 4 is 17.9 Å². The fourth-order valence-corrected chi connectivity index (χ4v) is 1.62. The molecule has 0 saturated carbocycles. The van der Waals surface area contributed by atoms with Crippen LogP contribution in [0.4, 0.5) is 11.6 Å². The van der Waals surface area contributed by atoms with Gasteiger partial charge in [-0.1, -0.05) is 0 Å². The third kappa shape index (κ3) is 3.14. The number of benzene rings is 1. The average Bonchev–Trinajstić information content (AvgIpc) is 2.91. The molecule has 3 N–H and O–H groups in total. The summed E-state index contributed by atoms with van der Waals surface area (Å²) in [7, 11) is 4.63. The van der Waals surface area contributed by atoms with Crippen LogP contribution in [0.1, 0.15) is 5.56 Å².